The van der Waals surface area contributed by atoms with Crippen molar-refractivity contribution in [3.8, 4) is 0 Å². The zero-order valence-electron chi connectivity index (χ0n) is 14.7. The number of rotatable bonds is 5. The zero-order valence-corrected chi connectivity index (χ0v) is 15.5. The lowest BCUT2D eigenvalue weighted by Crippen LogP contribution is -2.31. The van der Waals surface area contributed by atoms with Crippen molar-refractivity contribution in [3.63, 3.8) is 0 Å². The lowest BCUT2D eigenvalue weighted by Gasteiger charge is -2.31. The van der Waals surface area contributed by atoms with Crippen molar-refractivity contribution >= 4 is 23.4 Å². The third kappa shape index (κ3) is 3.68. The van der Waals surface area contributed by atoms with Gasteiger partial charge in [0, 0.05) is 25.2 Å². The highest BCUT2D eigenvalue weighted by Crippen LogP contribution is 2.37. The number of likely N-dealkylation sites (N-methyl/N-ethyl adjacent to an activating group) is 1. The van der Waals surface area contributed by atoms with Gasteiger partial charge in [-0.2, -0.15) is 0 Å². The van der Waals surface area contributed by atoms with E-state index in [0.29, 0.717) is 23.6 Å². The van der Waals surface area contributed by atoms with Crippen molar-refractivity contribution < 1.29 is 19.1 Å². The Kier molecular flexibility index (Phi) is 5.47. The number of esters is 1. The Bertz CT molecular complexity index is 810. The van der Waals surface area contributed by atoms with Crippen molar-refractivity contribution in [2.75, 3.05) is 13.7 Å². The first-order valence-electron chi connectivity index (χ1n) is 8.42. The minimum atomic E-state index is -0.732. The molecule has 26 heavy (non-hydrogen) atoms. The van der Waals surface area contributed by atoms with E-state index in [2.05, 4.69) is 0 Å². The van der Waals surface area contributed by atoms with Gasteiger partial charge in [0.15, 0.2) is 17.2 Å². The van der Waals surface area contributed by atoms with Crippen LogP contribution in [0.15, 0.2) is 65.2 Å². The van der Waals surface area contributed by atoms with Crippen LogP contribution in [-0.4, -0.2) is 35.7 Å². The van der Waals surface area contributed by atoms with E-state index in [1.807, 2.05) is 30.3 Å². The molecule has 1 aliphatic carbocycles. The summed E-state index contributed by atoms with van der Waals surface area (Å²) in [5.41, 5.74) is 2.74. The molecule has 0 aromatic heterocycles. The Morgan fingerprint density at radius 3 is 2.73 bits per heavy atom. The quantitative estimate of drug-likeness (QED) is 0.585. The topological polar surface area (TPSA) is 55.8 Å². The van der Waals surface area contributed by atoms with Crippen molar-refractivity contribution in [3.05, 3.63) is 70.8 Å². The van der Waals surface area contributed by atoms with E-state index in [0.717, 1.165) is 11.1 Å². The number of carbonyl (C=O) groups excluding carboxylic acids is 2. The van der Waals surface area contributed by atoms with E-state index in [-0.39, 0.29) is 18.8 Å². The van der Waals surface area contributed by atoms with E-state index < -0.39 is 11.3 Å². The average Bonchev–Trinajstić information content (AvgIpc) is 2.62. The van der Waals surface area contributed by atoms with Gasteiger partial charge in [0.2, 0.25) is 0 Å². The van der Waals surface area contributed by atoms with Crippen LogP contribution in [-0.2, 0) is 25.7 Å². The first kappa shape index (κ1) is 18.3. The van der Waals surface area contributed by atoms with Gasteiger partial charge in [0.25, 0.3) is 0 Å². The number of halogens is 1. The number of ether oxygens (including phenoxy) is 2. The van der Waals surface area contributed by atoms with Crippen molar-refractivity contribution in [1.82, 2.24) is 4.90 Å². The van der Waals surface area contributed by atoms with E-state index in [1.165, 1.54) is 0 Å². The number of alkyl halides is 1. The van der Waals surface area contributed by atoms with Crippen LogP contribution in [0, 0.1) is 0 Å². The van der Waals surface area contributed by atoms with E-state index in [1.54, 1.807) is 31.1 Å². The molecule has 1 heterocycles. The molecule has 1 unspecified atom stereocenters. The molecular formula is C20H20ClNO4. The van der Waals surface area contributed by atoms with E-state index >= 15 is 0 Å². The van der Waals surface area contributed by atoms with Gasteiger partial charge in [-0.1, -0.05) is 30.3 Å². The molecule has 1 aromatic rings. The Morgan fingerprint density at radius 1 is 1.31 bits per heavy atom. The summed E-state index contributed by atoms with van der Waals surface area (Å²) in [6.07, 6.45) is 3.61. The number of carbonyl (C=O) groups is 2. The molecule has 0 bridgehead atoms. The molecule has 3 rings (SSSR count). The largest absolute Gasteiger partial charge is 0.486 e. The molecular weight excluding hydrogens is 354 g/mol. The molecule has 2 aliphatic rings. The van der Waals surface area contributed by atoms with Crippen LogP contribution < -0.4 is 0 Å². The van der Waals surface area contributed by atoms with Gasteiger partial charge in [-0.15, -0.1) is 11.6 Å². The number of hydrogen-bond donors (Lipinski definition) is 0. The van der Waals surface area contributed by atoms with Gasteiger partial charge in [0.1, 0.15) is 12.0 Å². The zero-order chi connectivity index (χ0) is 18.7. The maximum Gasteiger partial charge on any atom is 0.358 e. The molecule has 1 aromatic carbocycles. The third-order valence-electron chi connectivity index (χ3n) is 4.19. The van der Waals surface area contributed by atoms with Gasteiger partial charge >= 0.3 is 5.97 Å². The van der Waals surface area contributed by atoms with E-state index in [4.69, 9.17) is 21.1 Å². The van der Waals surface area contributed by atoms with Crippen LogP contribution in [0.2, 0.25) is 0 Å². The maximum atomic E-state index is 12.5. The molecule has 1 aliphatic heterocycles. The first-order valence-corrected chi connectivity index (χ1v) is 8.86. The Balaban J connectivity index is 2.00. The van der Waals surface area contributed by atoms with Crippen molar-refractivity contribution in [2.24, 2.45) is 0 Å². The summed E-state index contributed by atoms with van der Waals surface area (Å²) >= 11 is 6.13. The van der Waals surface area contributed by atoms with Gasteiger partial charge in [0.05, 0.1) is 6.61 Å². The lowest BCUT2D eigenvalue weighted by molar-refractivity contribution is -0.140. The lowest BCUT2D eigenvalue weighted by atomic mass is 9.89. The fourth-order valence-electron chi connectivity index (χ4n) is 2.96. The number of nitrogens with zero attached hydrogens (tertiary/aromatic N) is 1. The Hall–Kier alpha value is -2.53. The highest BCUT2D eigenvalue weighted by molar-refractivity contribution is 6.33. The number of Topliss-reactive ketones (excluding diaryl/α,β-unsaturated/α-hetero) is 1. The standard InChI is InChI=1S/C20H20ClNO4/c1-3-25-20(24)18-19(26-12-13-7-5-4-6-8-13)15-10-16(21)17(23)9-14(15)11-22(18)2/h4-8,10-11,16H,3,9,12H2,1-2H3. The van der Waals surface area contributed by atoms with Crippen LogP contribution in [0.25, 0.3) is 0 Å². The molecule has 6 heteroatoms. The average molecular weight is 374 g/mol. The highest BCUT2D eigenvalue weighted by Gasteiger charge is 2.35. The minimum absolute atomic E-state index is 0.0722. The molecule has 1 atom stereocenters. The second-order valence-electron chi connectivity index (χ2n) is 6.06. The fourth-order valence-corrected chi connectivity index (χ4v) is 3.16. The molecule has 0 saturated heterocycles. The summed E-state index contributed by atoms with van der Waals surface area (Å²) in [7, 11) is 1.74. The molecule has 0 saturated carbocycles. The minimum Gasteiger partial charge on any atom is -0.486 e. The second kappa shape index (κ2) is 7.79. The van der Waals surface area contributed by atoms with Crippen molar-refractivity contribution in [1.29, 1.82) is 0 Å². The monoisotopic (exact) mass is 373 g/mol. The normalized spacial score (nSPS) is 19.6. The van der Waals surface area contributed by atoms with Crippen LogP contribution in [0.3, 0.4) is 0 Å². The highest BCUT2D eigenvalue weighted by atomic mass is 35.5. The molecule has 0 spiro atoms. The molecule has 136 valence electrons. The second-order valence-corrected chi connectivity index (χ2v) is 6.53. The summed E-state index contributed by atoms with van der Waals surface area (Å²) < 4.78 is 11.2. The van der Waals surface area contributed by atoms with Gasteiger partial charge < -0.3 is 14.4 Å². The smallest absolute Gasteiger partial charge is 0.358 e. The summed E-state index contributed by atoms with van der Waals surface area (Å²) in [5, 5.41) is -0.732. The molecule has 0 fully saturated rings. The van der Waals surface area contributed by atoms with Gasteiger partial charge in [-0.3, -0.25) is 4.79 Å². The number of hydrogen-bond acceptors (Lipinski definition) is 5. The van der Waals surface area contributed by atoms with Crippen LogP contribution >= 0.6 is 11.6 Å². The van der Waals surface area contributed by atoms with E-state index in [9.17, 15) is 9.59 Å². The maximum absolute atomic E-state index is 12.5. The fraction of sp³-hybridized carbons (Fsp3) is 0.300. The Morgan fingerprint density at radius 2 is 2.04 bits per heavy atom. The SMILES string of the molecule is CCOC(=O)C1=C(OCc2ccccc2)C2=CC(Cl)C(=O)CC2=CN1C. The molecule has 5 nitrogen and oxygen atoms in total. The molecule has 0 amide bonds. The Labute approximate surface area is 157 Å². The summed E-state index contributed by atoms with van der Waals surface area (Å²) in [6, 6.07) is 9.65. The van der Waals surface area contributed by atoms with Crippen LogP contribution in [0.5, 0.6) is 0 Å². The third-order valence-corrected chi connectivity index (χ3v) is 4.56. The van der Waals surface area contributed by atoms with Crippen LogP contribution in [0.4, 0.5) is 0 Å². The summed E-state index contributed by atoms with van der Waals surface area (Å²) in [6.45, 7) is 2.30. The predicted molar refractivity (Wildman–Crippen MR) is 98.1 cm³/mol. The number of ketones is 1. The summed E-state index contributed by atoms with van der Waals surface area (Å²) in [5.74, 6) is -0.153. The molecule has 0 radical (unpaired) electrons. The first-order chi connectivity index (χ1) is 12.5. The van der Waals surface area contributed by atoms with Gasteiger partial charge in [-0.25, -0.2) is 4.79 Å². The van der Waals surface area contributed by atoms with Crippen LogP contribution in [0.1, 0.15) is 18.9 Å². The number of allylic oxidation sites excluding steroid dienone is 2. The summed E-state index contributed by atoms with van der Waals surface area (Å²) in [4.78, 5) is 26.1. The number of fused-ring (bicyclic) bond motifs is 1. The van der Waals surface area contributed by atoms with Gasteiger partial charge in [-0.05, 0) is 24.1 Å². The van der Waals surface area contributed by atoms with Crippen molar-refractivity contribution in [2.45, 2.75) is 25.3 Å². The molecule has 0 N–H and O–H groups in total. The number of benzene rings is 1. The predicted octanol–water partition coefficient (Wildman–Crippen LogP) is 3.31.